The molecule has 0 aromatic heterocycles. The van der Waals surface area contributed by atoms with E-state index in [0.29, 0.717) is 12.2 Å². The monoisotopic (exact) mass is 307 g/mol. The summed E-state index contributed by atoms with van der Waals surface area (Å²) in [6.07, 6.45) is 3.60. The number of Topliss-reactive ketones (excluding diaryl/α,β-unsaturated/α-hetero) is 1. The van der Waals surface area contributed by atoms with Crippen molar-refractivity contribution in [3.05, 3.63) is 29.8 Å². The first kappa shape index (κ1) is 17.8. The van der Waals surface area contributed by atoms with Crippen LogP contribution in [-0.4, -0.2) is 35.9 Å². The first-order valence-corrected chi connectivity index (χ1v) is 8.57. The molecule has 0 aliphatic heterocycles. The quantitative estimate of drug-likeness (QED) is 0.511. The van der Waals surface area contributed by atoms with Gasteiger partial charge in [0, 0.05) is 30.5 Å². The zero-order valence-electron chi connectivity index (χ0n) is 13.2. The average molecular weight is 307 g/mol. The number of carbonyl (C=O) groups excluding carboxylic acids is 2. The van der Waals surface area contributed by atoms with Gasteiger partial charge in [-0.05, 0) is 25.0 Å². The maximum atomic E-state index is 11.9. The molecule has 116 valence electrons. The lowest BCUT2D eigenvalue weighted by molar-refractivity contribution is -0.127. The van der Waals surface area contributed by atoms with E-state index in [0.717, 1.165) is 36.3 Å². The van der Waals surface area contributed by atoms with Gasteiger partial charge in [-0.15, -0.1) is 11.8 Å². The molecule has 0 aliphatic rings. The third-order valence-corrected chi connectivity index (χ3v) is 4.29. The van der Waals surface area contributed by atoms with Crippen molar-refractivity contribution < 1.29 is 9.59 Å². The Morgan fingerprint density at radius 2 is 1.76 bits per heavy atom. The Bertz CT molecular complexity index is 456. The van der Waals surface area contributed by atoms with Crippen LogP contribution in [0.2, 0.25) is 0 Å². The normalized spacial score (nSPS) is 10.4. The Kier molecular flexibility index (Phi) is 8.13. The number of hydrogen-bond acceptors (Lipinski definition) is 3. The summed E-state index contributed by atoms with van der Waals surface area (Å²) >= 11 is 1.52. The lowest BCUT2D eigenvalue weighted by atomic mass is 10.1. The van der Waals surface area contributed by atoms with Gasteiger partial charge in [0.05, 0.1) is 5.75 Å². The molecule has 21 heavy (non-hydrogen) atoms. The molecule has 0 saturated heterocycles. The molecular formula is C17H25NO2S. The SMILES string of the molecule is CCCCN(C)C(=O)CSc1ccc(C(=O)CCC)cc1. The standard InChI is InChI=1S/C17H25NO2S/c1-4-6-12-18(3)17(20)13-21-15-10-8-14(9-11-15)16(19)7-5-2/h8-11H,4-7,12-13H2,1-3H3. The van der Waals surface area contributed by atoms with Gasteiger partial charge in [0.15, 0.2) is 5.78 Å². The number of unbranched alkanes of at least 4 members (excludes halogenated alkanes) is 1. The minimum Gasteiger partial charge on any atom is -0.345 e. The molecule has 1 aromatic carbocycles. The fraction of sp³-hybridized carbons (Fsp3) is 0.529. The number of ketones is 1. The summed E-state index contributed by atoms with van der Waals surface area (Å²) in [5.41, 5.74) is 0.757. The fourth-order valence-corrected chi connectivity index (χ4v) is 2.72. The molecule has 0 spiro atoms. The Balaban J connectivity index is 2.45. The molecule has 0 heterocycles. The van der Waals surface area contributed by atoms with Crippen molar-refractivity contribution >= 4 is 23.5 Å². The Hall–Kier alpha value is -1.29. The Labute approximate surface area is 132 Å². The van der Waals surface area contributed by atoms with Crippen LogP contribution in [-0.2, 0) is 4.79 Å². The van der Waals surface area contributed by atoms with Crippen LogP contribution in [0.4, 0.5) is 0 Å². The summed E-state index contributed by atoms with van der Waals surface area (Å²) in [4.78, 5) is 26.5. The maximum Gasteiger partial charge on any atom is 0.232 e. The van der Waals surface area contributed by atoms with Gasteiger partial charge in [-0.3, -0.25) is 9.59 Å². The minimum atomic E-state index is 0.152. The van der Waals surface area contributed by atoms with Crippen LogP contribution in [0.1, 0.15) is 49.9 Å². The van der Waals surface area contributed by atoms with Crippen molar-refractivity contribution in [2.45, 2.75) is 44.4 Å². The second kappa shape index (κ2) is 9.61. The van der Waals surface area contributed by atoms with Crippen LogP contribution in [0.15, 0.2) is 29.2 Å². The molecule has 1 rings (SSSR count). The van der Waals surface area contributed by atoms with Crippen LogP contribution < -0.4 is 0 Å². The molecule has 0 N–H and O–H groups in total. The molecule has 0 radical (unpaired) electrons. The second-order valence-corrected chi connectivity index (χ2v) is 6.20. The van der Waals surface area contributed by atoms with Crippen LogP contribution in [0.3, 0.4) is 0 Å². The number of hydrogen-bond donors (Lipinski definition) is 0. The third-order valence-electron chi connectivity index (χ3n) is 3.29. The van der Waals surface area contributed by atoms with E-state index in [1.807, 2.05) is 38.2 Å². The molecular weight excluding hydrogens is 282 g/mol. The lowest BCUT2D eigenvalue weighted by Gasteiger charge is -2.16. The van der Waals surface area contributed by atoms with Crippen LogP contribution in [0.5, 0.6) is 0 Å². The number of rotatable bonds is 9. The van der Waals surface area contributed by atoms with Crippen molar-refractivity contribution in [2.75, 3.05) is 19.3 Å². The van der Waals surface area contributed by atoms with E-state index < -0.39 is 0 Å². The zero-order chi connectivity index (χ0) is 15.7. The lowest BCUT2D eigenvalue weighted by Crippen LogP contribution is -2.29. The van der Waals surface area contributed by atoms with Gasteiger partial charge >= 0.3 is 0 Å². The number of nitrogens with zero attached hydrogens (tertiary/aromatic N) is 1. The summed E-state index contributed by atoms with van der Waals surface area (Å²) in [6, 6.07) is 7.55. The summed E-state index contributed by atoms with van der Waals surface area (Å²) < 4.78 is 0. The van der Waals surface area contributed by atoms with E-state index >= 15 is 0 Å². The van der Waals surface area contributed by atoms with Crippen LogP contribution in [0.25, 0.3) is 0 Å². The van der Waals surface area contributed by atoms with E-state index in [9.17, 15) is 9.59 Å². The summed E-state index contributed by atoms with van der Waals surface area (Å²) in [5.74, 6) is 0.784. The van der Waals surface area contributed by atoms with Crippen LogP contribution >= 0.6 is 11.8 Å². The smallest absolute Gasteiger partial charge is 0.232 e. The number of thioether (sulfide) groups is 1. The van der Waals surface area contributed by atoms with Gasteiger partial charge in [-0.25, -0.2) is 0 Å². The molecule has 3 nitrogen and oxygen atoms in total. The van der Waals surface area contributed by atoms with E-state index in [1.165, 1.54) is 11.8 Å². The first-order valence-electron chi connectivity index (χ1n) is 7.58. The topological polar surface area (TPSA) is 37.4 Å². The highest BCUT2D eigenvalue weighted by molar-refractivity contribution is 8.00. The van der Waals surface area contributed by atoms with Gasteiger partial charge in [0.2, 0.25) is 5.91 Å². The maximum absolute atomic E-state index is 11.9. The van der Waals surface area contributed by atoms with Gasteiger partial charge in [-0.2, -0.15) is 0 Å². The molecule has 4 heteroatoms. The van der Waals surface area contributed by atoms with Crippen molar-refractivity contribution in [3.8, 4) is 0 Å². The molecule has 0 saturated carbocycles. The Morgan fingerprint density at radius 1 is 1.10 bits per heavy atom. The summed E-state index contributed by atoms with van der Waals surface area (Å²) in [7, 11) is 1.85. The number of carbonyl (C=O) groups is 2. The zero-order valence-corrected chi connectivity index (χ0v) is 14.0. The third kappa shape index (κ3) is 6.34. The highest BCUT2D eigenvalue weighted by Gasteiger charge is 2.09. The molecule has 0 bridgehead atoms. The molecule has 1 amide bonds. The van der Waals surface area contributed by atoms with Crippen molar-refractivity contribution in [1.82, 2.24) is 4.90 Å². The predicted octanol–water partition coefficient (Wildman–Crippen LogP) is 4.02. The average Bonchev–Trinajstić information content (AvgIpc) is 2.50. The first-order chi connectivity index (χ1) is 10.1. The summed E-state index contributed by atoms with van der Waals surface area (Å²) in [5, 5.41) is 0. The van der Waals surface area contributed by atoms with Crippen molar-refractivity contribution in [1.29, 1.82) is 0 Å². The molecule has 0 atom stereocenters. The van der Waals surface area contributed by atoms with Crippen molar-refractivity contribution in [2.24, 2.45) is 0 Å². The van der Waals surface area contributed by atoms with E-state index in [-0.39, 0.29) is 11.7 Å². The van der Waals surface area contributed by atoms with Gasteiger partial charge in [0.1, 0.15) is 0 Å². The number of amides is 1. The predicted molar refractivity (Wildman–Crippen MR) is 88.9 cm³/mol. The van der Waals surface area contributed by atoms with Crippen LogP contribution in [0, 0.1) is 0 Å². The van der Waals surface area contributed by atoms with Gasteiger partial charge in [-0.1, -0.05) is 32.4 Å². The van der Waals surface area contributed by atoms with E-state index in [2.05, 4.69) is 6.92 Å². The van der Waals surface area contributed by atoms with Gasteiger partial charge in [0.25, 0.3) is 0 Å². The molecule has 0 fully saturated rings. The van der Waals surface area contributed by atoms with E-state index in [4.69, 9.17) is 0 Å². The fourth-order valence-electron chi connectivity index (χ4n) is 1.88. The molecule has 0 unspecified atom stereocenters. The minimum absolute atomic E-state index is 0.152. The largest absolute Gasteiger partial charge is 0.345 e. The van der Waals surface area contributed by atoms with Gasteiger partial charge < -0.3 is 4.90 Å². The molecule has 0 aliphatic carbocycles. The second-order valence-electron chi connectivity index (χ2n) is 5.16. The highest BCUT2D eigenvalue weighted by Crippen LogP contribution is 2.19. The van der Waals surface area contributed by atoms with E-state index in [1.54, 1.807) is 4.90 Å². The number of benzene rings is 1. The Morgan fingerprint density at radius 3 is 2.33 bits per heavy atom. The highest BCUT2D eigenvalue weighted by atomic mass is 32.2. The molecule has 1 aromatic rings. The summed E-state index contributed by atoms with van der Waals surface area (Å²) in [6.45, 7) is 4.94. The van der Waals surface area contributed by atoms with Crippen molar-refractivity contribution in [3.63, 3.8) is 0 Å².